The summed E-state index contributed by atoms with van der Waals surface area (Å²) < 4.78 is 5.40. The quantitative estimate of drug-likeness (QED) is 0.701. The summed E-state index contributed by atoms with van der Waals surface area (Å²) in [7, 11) is 0. The van der Waals surface area contributed by atoms with Crippen LogP contribution in [0, 0.1) is 0 Å². The molecule has 1 fully saturated rings. The Balaban J connectivity index is 1.59. The van der Waals surface area contributed by atoms with E-state index >= 15 is 0 Å². The SMILES string of the molecule is O=C(CNC(=O)c1ccc(Cl)cc1Cl)NC(CN1CCOCC1)c1ccccc1. The lowest BCUT2D eigenvalue weighted by atomic mass is 10.1. The Hall–Kier alpha value is -2.12. The van der Waals surface area contributed by atoms with Crippen molar-refractivity contribution in [3.63, 3.8) is 0 Å². The van der Waals surface area contributed by atoms with Crippen molar-refractivity contribution in [2.75, 3.05) is 39.4 Å². The fourth-order valence-corrected chi connectivity index (χ4v) is 3.63. The van der Waals surface area contributed by atoms with E-state index in [4.69, 9.17) is 27.9 Å². The first-order valence-electron chi connectivity index (χ1n) is 9.40. The van der Waals surface area contributed by atoms with E-state index < -0.39 is 5.91 Å². The fraction of sp³-hybridized carbons (Fsp3) is 0.333. The van der Waals surface area contributed by atoms with Gasteiger partial charge in [-0.3, -0.25) is 14.5 Å². The summed E-state index contributed by atoms with van der Waals surface area (Å²) in [6.45, 7) is 3.55. The van der Waals surface area contributed by atoms with Crippen LogP contribution in [-0.4, -0.2) is 56.1 Å². The molecule has 0 radical (unpaired) electrons. The largest absolute Gasteiger partial charge is 0.379 e. The lowest BCUT2D eigenvalue weighted by Crippen LogP contribution is -2.45. The molecule has 2 aromatic rings. The van der Waals surface area contributed by atoms with Crippen LogP contribution in [-0.2, 0) is 9.53 Å². The molecule has 3 rings (SSSR count). The summed E-state index contributed by atoms with van der Waals surface area (Å²) >= 11 is 11.9. The molecular weight excluding hydrogens is 413 g/mol. The van der Waals surface area contributed by atoms with Gasteiger partial charge in [0.1, 0.15) is 0 Å². The van der Waals surface area contributed by atoms with Gasteiger partial charge in [0, 0.05) is 24.7 Å². The van der Waals surface area contributed by atoms with E-state index in [1.165, 1.54) is 12.1 Å². The van der Waals surface area contributed by atoms with Crippen LogP contribution in [0.15, 0.2) is 48.5 Å². The van der Waals surface area contributed by atoms with Crippen LogP contribution >= 0.6 is 23.2 Å². The zero-order valence-corrected chi connectivity index (χ0v) is 17.4. The van der Waals surface area contributed by atoms with Gasteiger partial charge < -0.3 is 15.4 Å². The van der Waals surface area contributed by atoms with Gasteiger partial charge >= 0.3 is 0 Å². The van der Waals surface area contributed by atoms with Crippen LogP contribution in [0.3, 0.4) is 0 Å². The normalized spacial score (nSPS) is 15.5. The highest BCUT2D eigenvalue weighted by molar-refractivity contribution is 6.36. The van der Waals surface area contributed by atoms with Crippen LogP contribution in [0.25, 0.3) is 0 Å². The average molecular weight is 436 g/mol. The smallest absolute Gasteiger partial charge is 0.253 e. The monoisotopic (exact) mass is 435 g/mol. The van der Waals surface area contributed by atoms with Crippen molar-refractivity contribution >= 4 is 35.0 Å². The van der Waals surface area contributed by atoms with E-state index in [0.717, 1.165) is 18.7 Å². The standard InChI is InChI=1S/C21H23Cl2N3O3/c22-16-6-7-17(18(23)12-16)21(28)24-13-20(27)25-19(15-4-2-1-3-5-15)14-26-8-10-29-11-9-26/h1-7,12,19H,8-11,13-14H2,(H,24,28)(H,25,27). The topological polar surface area (TPSA) is 70.7 Å². The van der Waals surface area contributed by atoms with Gasteiger partial charge in [0.2, 0.25) is 5.91 Å². The molecule has 1 aliphatic heterocycles. The average Bonchev–Trinajstić information content (AvgIpc) is 2.73. The van der Waals surface area contributed by atoms with E-state index in [9.17, 15) is 9.59 Å². The molecule has 2 amide bonds. The van der Waals surface area contributed by atoms with Crippen LogP contribution < -0.4 is 10.6 Å². The van der Waals surface area contributed by atoms with Crippen molar-refractivity contribution in [3.8, 4) is 0 Å². The molecule has 1 saturated heterocycles. The Morgan fingerprint density at radius 1 is 1.07 bits per heavy atom. The molecule has 0 spiro atoms. The minimum Gasteiger partial charge on any atom is -0.379 e. The summed E-state index contributed by atoms with van der Waals surface area (Å²) in [6.07, 6.45) is 0. The van der Waals surface area contributed by atoms with Crippen LogP contribution in [0.1, 0.15) is 22.0 Å². The van der Waals surface area contributed by atoms with Crippen molar-refractivity contribution in [1.82, 2.24) is 15.5 Å². The number of benzene rings is 2. The first-order chi connectivity index (χ1) is 14.0. The minimum absolute atomic E-state index is 0.149. The third-order valence-corrected chi connectivity index (χ3v) is 5.21. The van der Waals surface area contributed by atoms with Crippen molar-refractivity contribution in [3.05, 3.63) is 69.7 Å². The molecule has 0 aromatic heterocycles. The van der Waals surface area contributed by atoms with Gasteiger partial charge in [-0.2, -0.15) is 0 Å². The molecule has 6 nitrogen and oxygen atoms in total. The second kappa shape index (κ2) is 10.6. The zero-order chi connectivity index (χ0) is 20.6. The molecule has 154 valence electrons. The van der Waals surface area contributed by atoms with Gasteiger partial charge in [0.15, 0.2) is 0 Å². The van der Waals surface area contributed by atoms with Gasteiger partial charge in [-0.05, 0) is 23.8 Å². The number of nitrogens with one attached hydrogen (secondary N) is 2. The van der Waals surface area contributed by atoms with E-state index in [-0.39, 0.29) is 29.1 Å². The van der Waals surface area contributed by atoms with Gasteiger partial charge in [-0.1, -0.05) is 53.5 Å². The molecule has 1 heterocycles. The van der Waals surface area contributed by atoms with Crippen LogP contribution in [0.2, 0.25) is 10.0 Å². The molecule has 1 unspecified atom stereocenters. The summed E-state index contributed by atoms with van der Waals surface area (Å²) in [5, 5.41) is 6.31. The summed E-state index contributed by atoms with van der Waals surface area (Å²) in [5.74, 6) is -0.697. The van der Waals surface area contributed by atoms with Crippen molar-refractivity contribution in [2.24, 2.45) is 0 Å². The highest BCUT2D eigenvalue weighted by Crippen LogP contribution is 2.20. The second-order valence-corrected chi connectivity index (χ2v) is 7.59. The lowest BCUT2D eigenvalue weighted by molar-refractivity contribution is -0.121. The maximum atomic E-state index is 12.5. The molecule has 1 atom stereocenters. The number of amides is 2. The number of carbonyl (C=O) groups is 2. The van der Waals surface area contributed by atoms with E-state index in [1.807, 2.05) is 30.3 Å². The number of morpholine rings is 1. The highest BCUT2D eigenvalue weighted by Gasteiger charge is 2.20. The molecule has 0 aliphatic carbocycles. The summed E-state index contributed by atoms with van der Waals surface area (Å²) in [5.41, 5.74) is 1.29. The molecule has 29 heavy (non-hydrogen) atoms. The first-order valence-corrected chi connectivity index (χ1v) is 10.2. The highest BCUT2D eigenvalue weighted by atomic mass is 35.5. The van der Waals surface area contributed by atoms with Gasteiger partial charge in [0.25, 0.3) is 5.91 Å². The number of hydrogen-bond acceptors (Lipinski definition) is 4. The van der Waals surface area contributed by atoms with Crippen LogP contribution in [0.4, 0.5) is 0 Å². The molecule has 8 heteroatoms. The lowest BCUT2D eigenvalue weighted by Gasteiger charge is -2.31. The fourth-order valence-electron chi connectivity index (χ4n) is 3.14. The molecule has 2 N–H and O–H groups in total. The maximum Gasteiger partial charge on any atom is 0.253 e. The Bertz CT molecular complexity index is 842. The predicted octanol–water partition coefficient (Wildman–Crippen LogP) is 2.91. The van der Waals surface area contributed by atoms with Crippen molar-refractivity contribution in [1.29, 1.82) is 0 Å². The Morgan fingerprint density at radius 3 is 2.48 bits per heavy atom. The van der Waals surface area contributed by atoms with Gasteiger partial charge in [-0.25, -0.2) is 0 Å². The number of ether oxygens (including phenoxy) is 1. The summed E-state index contributed by atoms with van der Waals surface area (Å²) in [4.78, 5) is 27.1. The molecular formula is C21H23Cl2N3O3. The van der Waals surface area contributed by atoms with Crippen molar-refractivity contribution in [2.45, 2.75) is 6.04 Å². The Morgan fingerprint density at radius 2 is 1.79 bits per heavy atom. The van der Waals surface area contributed by atoms with E-state index in [1.54, 1.807) is 6.07 Å². The van der Waals surface area contributed by atoms with Crippen LogP contribution in [0.5, 0.6) is 0 Å². The zero-order valence-electron chi connectivity index (χ0n) is 15.9. The Labute approximate surface area is 180 Å². The maximum absolute atomic E-state index is 12.5. The summed E-state index contributed by atoms with van der Waals surface area (Å²) in [6, 6.07) is 14.2. The number of carbonyl (C=O) groups excluding carboxylic acids is 2. The van der Waals surface area contributed by atoms with E-state index in [2.05, 4.69) is 15.5 Å². The number of nitrogens with zero attached hydrogens (tertiary/aromatic N) is 1. The predicted molar refractivity (Wildman–Crippen MR) is 113 cm³/mol. The molecule has 2 aromatic carbocycles. The Kier molecular flexibility index (Phi) is 7.89. The molecule has 1 aliphatic rings. The third-order valence-electron chi connectivity index (χ3n) is 4.67. The number of hydrogen-bond donors (Lipinski definition) is 2. The molecule has 0 bridgehead atoms. The third kappa shape index (κ3) is 6.44. The molecule has 0 saturated carbocycles. The number of halogens is 2. The van der Waals surface area contributed by atoms with Gasteiger partial charge in [0.05, 0.1) is 36.4 Å². The van der Waals surface area contributed by atoms with Gasteiger partial charge in [-0.15, -0.1) is 0 Å². The second-order valence-electron chi connectivity index (χ2n) is 6.75. The van der Waals surface area contributed by atoms with E-state index in [0.29, 0.717) is 24.8 Å². The van der Waals surface area contributed by atoms with Crippen molar-refractivity contribution < 1.29 is 14.3 Å². The number of rotatable bonds is 7. The minimum atomic E-state index is -0.425. The first kappa shape index (κ1) is 21.6.